The van der Waals surface area contributed by atoms with E-state index in [0.29, 0.717) is 11.1 Å². The van der Waals surface area contributed by atoms with Gasteiger partial charge in [-0.25, -0.2) is 4.98 Å². The zero-order valence-corrected chi connectivity index (χ0v) is 19.4. The molecule has 33 heavy (non-hydrogen) atoms. The third kappa shape index (κ3) is 4.53. The molecule has 0 amide bonds. The molecule has 0 saturated heterocycles. The van der Waals surface area contributed by atoms with Crippen LogP contribution in [0.2, 0.25) is 0 Å². The van der Waals surface area contributed by atoms with Gasteiger partial charge in [-0.1, -0.05) is 42.0 Å². The SMILES string of the molecule is Cc1ccc([C@H](C)n2cc(CO)cc(C(O)c3ccc(-n4cnc(C)c4)c(C)c3)c2=O)cc1. The van der Waals surface area contributed by atoms with Crippen LogP contribution in [-0.2, 0) is 6.61 Å². The molecular weight excluding hydrogens is 414 g/mol. The van der Waals surface area contributed by atoms with Crippen LogP contribution in [0.25, 0.3) is 5.69 Å². The lowest BCUT2D eigenvalue weighted by Crippen LogP contribution is -2.29. The van der Waals surface area contributed by atoms with E-state index in [1.807, 2.05) is 80.9 Å². The molecule has 0 bridgehead atoms. The van der Waals surface area contributed by atoms with Crippen LogP contribution in [0.4, 0.5) is 0 Å². The molecule has 0 saturated carbocycles. The van der Waals surface area contributed by atoms with Crippen LogP contribution in [0.5, 0.6) is 0 Å². The van der Waals surface area contributed by atoms with Crippen molar-refractivity contribution in [2.24, 2.45) is 0 Å². The van der Waals surface area contributed by atoms with E-state index >= 15 is 0 Å². The number of pyridine rings is 1. The van der Waals surface area contributed by atoms with Gasteiger partial charge in [0.2, 0.25) is 0 Å². The predicted molar refractivity (Wildman–Crippen MR) is 129 cm³/mol. The highest BCUT2D eigenvalue weighted by Crippen LogP contribution is 2.26. The molecule has 0 aliphatic rings. The fourth-order valence-electron chi connectivity index (χ4n) is 4.13. The second-order valence-corrected chi connectivity index (χ2v) is 8.63. The Balaban J connectivity index is 1.74. The molecule has 2 atom stereocenters. The number of hydrogen-bond donors (Lipinski definition) is 2. The van der Waals surface area contributed by atoms with Gasteiger partial charge in [0.15, 0.2) is 0 Å². The van der Waals surface area contributed by atoms with E-state index < -0.39 is 6.10 Å². The lowest BCUT2D eigenvalue weighted by Gasteiger charge is -2.21. The molecule has 2 N–H and O–H groups in total. The Morgan fingerprint density at radius 3 is 2.27 bits per heavy atom. The molecule has 0 aliphatic carbocycles. The molecule has 0 fully saturated rings. The molecule has 2 aromatic carbocycles. The number of benzene rings is 2. The summed E-state index contributed by atoms with van der Waals surface area (Å²) in [6.07, 6.45) is 4.24. The third-order valence-electron chi connectivity index (χ3n) is 6.11. The maximum atomic E-state index is 13.4. The average molecular weight is 444 g/mol. The van der Waals surface area contributed by atoms with E-state index in [1.165, 1.54) is 0 Å². The fraction of sp³-hybridized carbons (Fsp3) is 0.259. The van der Waals surface area contributed by atoms with Gasteiger partial charge in [0.1, 0.15) is 6.10 Å². The zero-order valence-electron chi connectivity index (χ0n) is 19.4. The Hall–Kier alpha value is -3.48. The molecule has 0 aliphatic heterocycles. The van der Waals surface area contributed by atoms with Gasteiger partial charge < -0.3 is 19.3 Å². The first kappa shape index (κ1) is 22.7. The lowest BCUT2D eigenvalue weighted by molar-refractivity contribution is 0.216. The molecule has 6 heteroatoms. The van der Waals surface area contributed by atoms with Gasteiger partial charge in [-0.3, -0.25) is 4.79 Å². The number of aliphatic hydroxyl groups excluding tert-OH is 2. The van der Waals surface area contributed by atoms with Gasteiger partial charge in [0, 0.05) is 18.1 Å². The van der Waals surface area contributed by atoms with Gasteiger partial charge in [0.05, 0.1) is 30.2 Å². The van der Waals surface area contributed by atoms with Crippen molar-refractivity contribution >= 4 is 0 Å². The average Bonchev–Trinajstić information content (AvgIpc) is 3.24. The van der Waals surface area contributed by atoms with Crippen molar-refractivity contribution in [3.8, 4) is 5.69 Å². The fourth-order valence-corrected chi connectivity index (χ4v) is 4.13. The maximum Gasteiger partial charge on any atom is 0.257 e. The summed E-state index contributed by atoms with van der Waals surface area (Å²) in [6.45, 7) is 7.63. The normalized spacial score (nSPS) is 13.2. The molecule has 4 aromatic rings. The van der Waals surface area contributed by atoms with Gasteiger partial charge >= 0.3 is 0 Å². The second-order valence-electron chi connectivity index (χ2n) is 8.63. The summed E-state index contributed by atoms with van der Waals surface area (Å²) in [5, 5.41) is 21.0. The van der Waals surface area contributed by atoms with Gasteiger partial charge in [0.25, 0.3) is 5.56 Å². The zero-order chi connectivity index (χ0) is 23.7. The number of hydrogen-bond acceptors (Lipinski definition) is 4. The number of aliphatic hydroxyl groups is 2. The Morgan fingerprint density at radius 2 is 1.67 bits per heavy atom. The van der Waals surface area contributed by atoms with E-state index in [1.54, 1.807) is 23.2 Å². The summed E-state index contributed by atoms with van der Waals surface area (Å²) in [7, 11) is 0. The van der Waals surface area contributed by atoms with Crippen LogP contribution in [0.15, 0.2) is 72.0 Å². The van der Waals surface area contributed by atoms with Crippen LogP contribution >= 0.6 is 0 Å². The lowest BCUT2D eigenvalue weighted by atomic mass is 9.98. The molecule has 2 aromatic heterocycles. The second kappa shape index (κ2) is 9.17. The van der Waals surface area contributed by atoms with E-state index in [-0.39, 0.29) is 23.8 Å². The summed E-state index contributed by atoms with van der Waals surface area (Å²) in [5.74, 6) is 0. The molecule has 4 rings (SSSR count). The Labute approximate surface area is 193 Å². The van der Waals surface area contributed by atoms with Crippen molar-refractivity contribution in [2.75, 3.05) is 0 Å². The first-order valence-corrected chi connectivity index (χ1v) is 11.0. The van der Waals surface area contributed by atoms with Gasteiger partial charge in [-0.2, -0.15) is 0 Å². The predicted octanol–water partition coefficient (Wildman–Crippen LogP) is 4.14. The topological polar surface area (TPSA) is 80.3 Å². The third-order valence-corrected chi connectivity index (χ3v) is 6.11. The number of nitrogens with zero attached hydrogens (tertiary/aromatic N) is 3. The summed E-state index contributed by atoms with van der Waals surface area (Å²) in [4.78, 5) is 17.7. The standard InChI is InChI=1S/C27H29N3O3/c1-17-5-7-22(8-6-17)20(4)30-14-21(15-31)12-24(27(30)33)26(32)23-9-10-25(18(2)11-23)29-13-19(3)28-16-29/h5-14,16,20,26,31-32H,15H2,1-4H3/t20-,26?/m0/s1. The summed E-state index contributed by atoms with van der Waals surface area (Å²) in [5.41, 5.74) is 6.11. The molecule has 1 unspecified atom stereocenters. The minimum atomic E-state index is -1.11. The Kier molecular flexibility index (Phi) is 6.31. The number of rotatable bonds is 6. The molecule has 0 radical (unpaired) electrons. The highest BCUT2D eigenvalue weighted by Gasteiger charge is 2.20. The smallest absolute Gasteiger partial charge is 0.257 e. The molecule has 170 valence electrons. The van der Waals surface area contributed by atoms with Crippen LogP contribution in [-0.4, -0.2) is 24.3 Å². The van der Waals surface area contributed by atoms with Crippen molar-refractivity contribution < 1.29 is 10.2 Å². The van der Waals surface area contributed by atoms with Crippen molar-refractivity contribution in [1.82, 2.24) is 14.1 Å². The van der Waals surface area contributed by atoms with Gasteiger partial charge in [-0.05, 0) is 62.1 Å². The summed E-state index contributed by atoms with van der Waals surface area (Å²) >= 11 is 0. The van der Waals surface area contributed by atoms with Crippen molar-refractivity contribution in [3.63, 3.8) is 0 Å². The van der Waals surface area contributed by atoms with Crippen LogP contribution in [0, 0.1) is 20.8 Å². The Bertz CT molecular complexity index is 1340. The van der Waals surface area contributed by atoms with Crippen LogP contribution < -0.4 is 5.56 Å². The molecule has 6 nitrogen and oxygen atoms in total. The molecule has 2 heterocycles. The minimum Gasteiger partial charge on any atom is -0.392 e. The molecular formula is C27H29N3O3. The Morgan fingerprint density at radius 1 is 0.970 bits per heavy atom. The first-order valence-electron chi connectivity index (χ1n) is 11.0. The quantitative estimate of drug-likeness (QED) is 0.469. The number of aryl methyl sites for hydroxylation is 3. The maximum absolute atomic E-state index is 13.4. The number of imidazole rings is 1. The van der Waals surface area contributed by atoms with E-state index in [4.69, 9.17) is 0 Å². The van der Waals surface area contributed by atoms with E-state index in [9.17, 15) is 15.0 Å². The largest absolute Gasteiger partial charge is 0.392 e. The summed E-state index contributed by atoms with van der Waals surface area (Å²) < 4.78 is 3.52. The minimum absolute atomic E-state index is 0.224. The van der Waals surface area contributed by atoms with E-state index in [0.717, 1.165) is 28.1 Å². The monoisotopic (exact) mass is 443 g/mol. The van der Waals surface area contributed by atoms with Crippen molar-refractivity contribution in [1.29, 1.82) is 0 Å². The first-order chi connectivity index (χ1) is 15.8. The highest BCUT2D eigenvalue weighted by atomic mass is 16.3. The summed E-state index contributed by atoms with van der Waals surface area (Å²) in [6, 6.07) is 15.0. The van der Waals surface area contributed by atoms with Gasteiger partial charge in [-0.15, -0.1) is 0 Å². The van der Waals surface area contributed by atoms with Crippen molar-refractivity contribution in [2.45, 2.75) is 46.4 Å². The van der Waals surface area contributed by atoms with E-state index in [2.05, 4.69) is 4.98 Å². The number of aromatic nitrogens is 3. The van der Waals surface area contributed by atoms with Crippen molar-refractivity contribution in [3.05, 3.63) is 117 Å². The highest BCUT2D eigenvalue weighted by molar-refractivity contribution is 5.45. The molecule has 0 spiro atoms. The van der Waals surface area contributed by atoms with Crippen LogP contribution in [0.1, 0.15) is 58.1 Å². The van der Waals surface area contributed by atoms with Crippen LogP contribution in [0.3, 0.4) is 0 Å².